The van der Waals surface area contributed by atoms with E-state index in [1.54, 1.807) is 11.9 Å². The van der Waals surface area contributed by atoms with Gasteiger partial charge in [0.2, 0.25) is 5.91 Å². The van der Waals surface area contributed by atoms with Crippen LogP contribution in [0.4, 0.5) is 0 Å². The highest BCUT2D eigenvalue weighted by molar-refractivity contribution is 5.80. The molecule has 0 unspecified atom stereocenters. The zero-order valence-corrected chi connectivity index (χ0v) is 17.0. The lowest BCUT2D eigenvalue weighted by molar-refractivity contribution is -0.131. The van der Waals surface area contributed by atoms with E-state index < -0.39 is 0 Å². The lowest BCUT2D eigenvalue weighted by Gasteiger charge is -2.17. The average molecular weight is 377 g/mol. The van der Waals surface area contributed by atoms with E-state index in [1.807, 2.05) is 43.3 Å². The Labute approximate surface area is 166 Å². The normalized spacial score (nSPS) is 11.0. The molecule has 28 heavy (non-hydrogen) atoms. The van der Waals surface area contributed by atoms with Gasteiger partial charge in [-0.05, 0) is 36.6 Å². The van der Waals surface area contributed by atoms with E-state index in [-0.39, 0.29) is 5.91 Å². The van der Waals surface area contributed by atoms with Gasteiger partial charge in [0.25, 0.3) is 0 Å². The number of carbonyl (C=O) groups is 1. The molecule has 1 amide bonds. The van der Waals surface area contributed by atoms with Gasteiger partial charge in [0.1, 0.15) is 11.6 Å². The summed E-state index contributed by atoms with van der Waals surface area (Å²) in [4.78, 5) is 23.2. The topological polar surface area (TPSA) is 55.3 Å². The van der Waals surface area contributed by atoms with Crippen molar-refractivity contribution in [2.45, 2.75) is 39.7 Å². The minimum absolute atomic E-state index is 0.00760. The van der Waals surface area contributed by atoms with E-state index in [0.717, 1.165) is 22.3 Å². The van der Waals surface area contributed by atoms with Gasteiger partial charge in [-0.25, -0.2) is 9.97 Å². The van der Waals surface area contributed by atoms with Crippen molar-refractivity contribution in [1.29, 1.82) is 0 Å². The van der Waals surface area contributed by atoms with Gasteiger partial charge >= 0.3 is 0 Å². The number of aryl methyl sites for hydroxylation is 1. The van der Waals surface area contributed by atoms with Crippen LogP contribution in [0.25, 0.3) is 10.9 Å². The number of carbonyl (C=O) groups excluding carboxylic acids is 1. The number of fused-ring (bicyclic) bond motifs is 1. The third kappa shape index (κ3) is 4.85. The molecule has 2 aromatic carbocycles. The third-order valence-corrected chi connectivity index (χ3v) is 4.78. The van der Waals surface area contributed by atoms with E-state index >= 15 is 0 Å². The van der Waals surface area contributed by atoms with Crippen LogP contribution in [0.1, 0.15) is 43.3 Å². The first-order valence-corrected chi connectivity index (χ1v) is 9.63. The maximum absolute atomic E-state index is 12.4. The molecule has 0 N–H and O–H groups in total. The van der Waals surface area contributed by atoms with E-state index in [1.165, 1.54) is 5.56 Å². The second-order valence-corrected chi connectivity index (χ2v) is 7.31. The molecule has 0 saturated carbocycles. The number of hydrogen-bond acceptors (Lipinski definition) is 4. The number of aromatic nitrogens is 2. The van der Waals surface area contributed by atoms with Crippen LogP contribution in [-0.4, -0.2) is 34.4 Å². The highest BCUT2D eigenvalue weighted by atomic mass is 16.5. The number of rotatable bonds is 7. The Morgan fingerprint density at radius 2 is 1.79 bits per heavy atom. The van der Waals surface area contributed by atoms with Crippen molar-refractivity contribution in [3.05, 3.63) is 65.6 Å². The Morgan fingerprint density at radius 3 is 2.50 bits per heavy atom. The highest BCUT2D eigenvalue weighted by Gasteiger charge is 2.12. The second-order valence-electron chi connectivity index (χ2n) is 7.31. The molecule has 0 saturated heterocycles. The van der Waals surface area contributed by atoms with Crippen molar-refractivity contribution in [1.82, 2.24) is 14.9 Å². The number of ether oxygens (including phenoxy) is 1. The molecular formula is C23H27N3O2. The standard InChI is InChI=1S/C23H27N3O2/c1-16(2)18-9-11-19(12-10-18)28-14-13-23(27)26(4)15-22-24-17(3)20-7-5-6-8-21(20)25-22/h5-12,16H,13-15H2,1-4H3. The molecule has 0 radical (unpaired) electrons. The quantitative estimate of drug-likeness (QED) is 0.609. The lowest BCUT2D eigenvalue weighted by atomic mass is 10.0. The van der Waals surface area contributed by atoms with Gasteiger partial charge in [-0.2, -0.15) is 0 Å². The molecule has 3 aromatic rings. The van der Waals surface area contributed by atoms with Gasteiger partial charge in [0.05, 0.1) is 25.1 Å². The monoisotopic (exact) mass is 377 g/mol. The Bertz CT molecular complexity index is 952. The van der Waals surface area contributed by atoms with Crippen LogP contribution in [-0.2, 0) is 11.3 Å². The molecule has 3 rings (SSSR count). The predicted octanol–water partition coefficient (Wildman–Crippen LogP) is 4.49. The summed E-state index contributed by atoms with van der Waals surface area (Å²) in [5.74, 6) is 1.93. The molecule has 0 fully saturated rings. The van der Waals surface area contributed by atoms with Gasteiger partial charge in [-0.3, -0.25) is 4.79 Å². The molecule has 0 atom stereocenters. The molecule has 0 aliphatic carbocycles. The Morgan fingerprint density at radius 1 is 1.07 bits per heavy atom. The summed E-state index contributed by atoms with van der Waals surface area (Å²) >= 11 is 0. The number of hydrogen-bond donors (Lipinski definition) is 0. The SMILES string of the molecule is Cc1nc(CN(C)C(=O)CCOc2ccc(C(C)C)cc2)nc2ccccc12. The van der Waals surface area contributed by atoms with Crippen molar-refractivity contribution in [3.8, 4) is 5.75 Å². The first kappa shape index (κ1) is 19.8. The largest absolute Gasteiger partial charge is 0.493 e. The summed E-state index contributed by atoms with van der Waals surface area (Å²) in [5, 5.41) is 1.04. The van der Waals surface area contributed by atoms with E-state index in [0.29, 0.717) is 31.3 Å². The minimum atomic E-state index is 0.00760. The van der Waals surface area contributed by atoms with Crippen molar-refractivity contribution in [3.63, 3.8) is 0 Å². The van der Waals surface area contributed by atoms with Crippen molar-refractivity contribution >= 4 is 16.8 Å². The van der Waals surface area contributed by atoms with Crippen LogP contribution < -0.4 is 4.74 Å². The van der Waals surface area contributed by atoms with Crippen LogP contribution in [0.15, 0.2) is 48.5 Å². The fourth-order valence-electron chi connectivity index (χ4n) is 3.06. The lowest BCUT2D eigenvalue weighted by Crippen LogP contribution is -2.28. The number of benzene rings is 2. The first-order valence-electron chi connectivity index (χ1n) is 9.63. The van der Waals surface area contributed by atoms with Gasteiger partial charge in [-0.1, -0.05) is 44.2 Å². The summed E-state index contributed by atoms with van der Waals surface area (Å²) in [6.07, 6.45) is 0.314. The number of nitrogens with zero attached hydrogens (tertiary/aromatic N) is 3. The Balaban J connectivity index is 1.53. The van der Waals surface area contributed by atoms with Crippen molar-refractivity contribution in [2.75, 3.05) is 13.7 Å². The highest BCUT2D eigenvalue weighted by Crippen LogP contribution is 2.19. The minimum Gasteiger partial charge on any atom is -0.493 e. The van der Waals surface area contributed by atoms with Gasteiger partial charge < -0.3 is 9.64 Å². The summed E-state index contributed by atoms with van der Waals surface area (Å²) in [6, 6.07) is 15.9. The Hall–Kier alpha value is -2.95. The zero-order chi connectivity index (χ0) is 20.1. The second kappa shape index (κ2) is 8.83. The van der Waals surface area contributed by atoms with Crippen molar-refractivity contribution in [2.24, 2.45) is 0 Å². The summed E-state index contributed by atoms with van der Waals surface area (Å²) in [5.41, 5.74) is 3.10. The van der Waals surface area contributed by atoms with Gasteiger partial charge in [0.15, 0.2) is 0 Å². The number of para-hydroxylation sites is 1. The maximum atomic E-state index is 12.4. The predicted molar refractivity (Wildman–Crippen MR) is 111 cm³/mol. The smallest absolute Gasteiger partial charge is 0.226 e. The van der Waals surface area contributed by atoms with Crippen LogP contribution in [0.5, 0.6) is 5.75 Å². The Kier molecular flexibility index (Phi) is 6.24. The molecule has 5 heteroatoms. The molecule has 146 valence electrons. The van der Waals surface area contributed by atoms with Gasteiger partial charge in [-0.15, -0.1) is 0 Å². The molecule has 0 aliphatic rings. The van der Waals surface area contributed by atoms with E-state index in [4.69, 9.17) is 4.74 Å². The molecule has 1 aromatic heterocycles. The molecule has 1 heterocycles. The third-order valence-electron chi connectivity index (χ3n) is 4.78. The van der Waals surface area contributed by atoms with Gasteiger partial charge in [0, 0.05) is 18.1 Å². The first-order chi connectivity index (χ1) is 13.4. The molecule has 0 bridgehead atoms. The fraction of sp³-hybridized carbons (Fsp3) is 0.348. The maximum Gasteiger partial charge on any atom is 0.226 e. The van der Waals surface area contributed by atoms with Crippen LogP contribution in [0.3, 0.4) is 0 Å². The molecule has 5 nitrogen and oxygen atoms in total. The summed E-state index contributed by atoms with van der Waals surface area (Å²) in [6.45, 7) is 7.01. The van der Waals surface area contributed by atoms with Crippen LogP contribution in [0.2, 0.25) is 0 Å². The average Bonchev–Trinajstić information content (AvgIpc) is 2.68. The van der Waals surface area contributed by atoms with Crippen LogP contribution in [0, 0.1) is 6.92 Å². The van der Waals surface area contributed by atoms with E-state index in [9.17, 15) is 4.79 Å². The molecule has 0 spiro atoms. The zero-order valence-electron chi connectivity index (χ0n) is 17.0. The summed E-state index contributed by atoms with van der Waals surface area (Å²) in [7, 11) is 1.77. The van der Waals surface area contributed by atoms with Crippen LogP contribution >= 0.6 is 0 Å². The summed E-state index contributed by atoms with van der Waals surface area (Å²) < 4.78 is 5.71. The molecular weight excluding hydrogens is 350 g/mol. The fourth-order valence-corrected chi connectivity index (χ4v) is 3.06. The number of amides is 1. The van der Waals surface area contributed by atoms with E-state index in [2.05, 4.69) is 35.9 Å². The van der Waals surface area contributed by atoms with Crippen molar-refractivity contribution < 1.29 is 9.53 Å². The molecule has 0 aliphatic heterocycles.